The zero-order chi connectivity index (χ0) is 24.0. The van der Waals surface area contributed by atoms with Crippen molar-refractivity contribution in [3.63, 3.8) is 0 Å². The zero-order valence-electron chi connectivity index (χ0n) is 18.9. The van der Waals surface area contributed by atoms with Crippen LogP contribution in [-0.2, 0) is 16.4 Å². The third-order valence-corrected chi connectivity index (χ3v) is 8.06. The van der Waals surface area contributed by atoms with E-state index < -0.39 is 15.9 Å². The third kappa shape index (κ3) is 4.25. The number of sulfone groups is 1. The summed E-state index contributed by atoms with van der Waals surface area (Å²) < 4.78 is 49.5. The molecule has 2 aromatic carbocycles. The lowest BCUT2D eigenvalue weighted by Crippen LogP contribution is -2.40. The molecule has 3 heterocycles. The topological polar surface area (TPSA) is 80.7 Å². The van der Waals surface area contributed by atoms with Gasteiger partial charge in [-0.25, -0.2) is 12.8 Å². The number of hydrogen-bond acceptors (Lipinski definition) is 5. The highest BCUT2D eigenvalue weighted by Crippen LogP contribution is 2.31. The minimum absolute atomic E-state index is 0.0404. The summed E-state index contributed by atoms with van der Waals surface area (Å²) in [4.78, 5) is 15.2. The summed E-state index contributed by atoms with van der Waals surface area (Å²) >= 11 is 0. The van der Waals surface area contributed by atoms with Gasteiger partial charge in [-0.1, -0.05) is 11.6 Å². The fourth-order valence-corrected chi connectivity index (χ4v) is 6.19. The van der Waals surface area contributed by atoms with E-state index in [-0.39, 0.29) is 35.5 Å². The Bertz CT molecular complexity index is 1480. The molecule has 4 aromatic rings. The third-order valence-electron chi connectivity index (χ3n) is 6.31. The molecule has 1 fully saturated rings. The minimum atomic E-state index is -3.22. The van der Waals surface area contributed by atoms with Crippen LogP contribution in [-0.4, -0.2) is 36.8 Å². The van der Waals surface area contributed by atoms with Crippen molar-refractivity contribution in [2.45, 2.75) is 32.9 Å². The number of carbonyl (C=O) groups excluding carboxylic acids is 1. The van der Waals surface area contributed by atoms with Gasteiger partial charge in [-0.3, -0.25) is 4.79 Å². The first-order valence-electron chi connectivity index (χ1n) is 11.1. The SMILES string of the molecule is Cc1ccc2oc(C(=O)N(Cc3ccc(-c4ccc(F)cc4)o3)C3CCS(=O)(=O)C3)c(C)c2c1. The second-order valence-corrected chi connectivity index (χ2v) is 11.0. The number of carbonyl (C=O) groups is 1. The summed E-state index contributed by atoms with van der Waals surface area (Å²) in [5, 5.41) is 0.860. The molecule has 0 radical (unpaired) electrons. The Labute approximate surface area is 196 Å². The van der Waals surface area contributed by atoms with E-state index in [1.807, 2.05) is 32.0 Å². The van der Waals surface area contributed by atoms with Gasteiger partial charge in [0.15, 0.2) is 15.6 Å². The summed E-state index contributed by atoms with van der Waals surface area (Å²) in [6, 6.07) is 14.7. The van der Waals surface area contributed by atoms with Gasteiger partial charge in [-0.05, 0) is 68.8 Å². The first-order chi connectivity index (χ1) is 16.2. The maximum absolute atomic E-state index is 13.7. The van der Waals surface area contributed by atoms with Gasteiger partial charge in [0.1, 0.15) is 22.9 Å². The van der Waals surface area contributed by atoms with Crippen LogP contribution in [0.5, 0.6) is 0 Å². The molecule has 1 aliphatic heterocycles. The zero-order valence-corrected chi connectivity index (χ0v) is 19.7. The average Bonchev–Trinajstić information content (AvgIpc) is 3.50. The highest BCUT2D eigenvalue weighted by Gasteiger charge is 2.37. The molecule has 34 heavy (non-hydrogen) atoms. The fraction of sp³-hybridized carbons (Fsp3) is 0.269. The van der Waals surface area contributed by atoms with Crippen molar-refractivity contribution < 1.29 is 26.4 Å². The molecule has 176 valence electrons. The smallest absolute Gasteiger partial charge is 0.290 e. The standard InChI is InChI=1S/C26H24FNO5S/c1-16-3-9-24-22(13-16)17(2)25(33-24)26(29)28(20-11-12-34(30,31)15-20)14-21-8-10-23(32-21)18-4-6-19(27)7-5-18/h3-10,13,20H,11-12,14-15H2,1-2H3. The Morgan fingerprint density at radius 2 is 1.82 bits per heavy atom. The first kappa shape index (κ1) is 22.4. The van der Waals surface area contributed by atoms with Gasteiger partial charge in [0.25, 0.3) is 5.91 Å². The molecule has 0 bridgehead atoms. The van der Waals surface area contributed by atoms with Crippen LogP contribution in [0.15, 0.2) is 63.4 Å². The van der Waals surface area contributed by atoms with Gasteiger partial charge in [0, 0.05) is 22.6 Å². The van der Waals surface area contributed by atoms with Crippen LogP contribution in [0.3, 0.4) is 0 Å². The molecule has 5 rings (SSSR count). The van der Waals surface area contributed by atoms with Crippen LogP contribution in [0.1, 0.15) is 33.9 Å². The summed E-state index contributed by atoms with van der Waals surface area (Å²) in [6.45, 7) is 3.90. The van der Waals surface area contributed by atoms with E-state index in [9.17, 15) is 17.6 Å². The van der Waals surface area contributed by atoms with Gasteiger partial charge in [-0.2, -0.15) is 0 Å². The fourth-order valence-electron chi connectivity index (χ4n) is 4.46. The molecular formula is C26H24FNO5S. The van der Waals surface area contributed by atoms with Crippen LogP contribution < -0.4 is 0 Å². The molecule has 8 heteroatoms. The number of fused-ring (bicyclic) bond motifs is 1. The van der Waals surface area contributed by atoms with Crippen LogP contribution >= 0.6 is 0 Å². The van der Waals surface area contributed by atoms with E-state index >= 15 is 0 Å². The molecule has 0 spiro atoms. The van der Waals surface area contributed by atoms with Gasteiger partial charge in [0.2, 0.25) is 0 Å². The Balaban J connectivity index is 1.49. The monoisotopic (exact) mass is 481 g/mol. The number of amides is 1. The second kappa shape index (κ2) is 8.43. The number of benzene rings is 2. The lowest BCUT2D eigenvalue weighted by Gasteiger charge is -2.26. The minimum Gasteiger partial charge on any atom is -0.459 e. The number of nitrogens with zero attached hydrogens (tertiary/aromatic N) is 1. The van der Waals surface area contributed by atoms with E-state index in [2.05, 4.69) is 0 Å². The Kier molecular flexibility index (Phi) is 5.56. The van der Waals surface area contributed by atoms with Crippen LogP contribution in [0.25, 0.3) is 22.3 Å². The van der Waals surface area contributed by atoms with Gasteiger partial charge in [0.05, 0.1) is 18.1 Å². The maximum atomic E-state index is 13.7. The molecule has 1 aliphatic rings. The van der Waals surface area contributed by atoms with E-state index in [0.29, 0.717) is 29.1 Å². The number of furan rings is 2. The summed E-state index contributed by atoms with van der Waals surface area (Å²) in [6.07, 6.45) is 0.359. The highest BCUT2D eigenvalue weighted by atomic mass is 32.2. The molecule has 2 aromatic heterocycles. The molecule has 1 amide bonds. The van der Waals surface area contributed by atoms with Gasteiger partial charge < -0.3 is 13.7 Å². The van der Waals surface area contributed by atoms with Gasteiger partial charge in [-0.15, -0.1) is 0 Å². The lowest BCUT2D eigenvalue weighted by atomic mass is 10.1. The summed E-state index contributed by atoms with van der Waals surface area (Å²) in [5.74, 6) is 0.481. The van der Waals surface area contributed by atoms with Crippen molar-refractivity contribution in [2.75, 3.05) is 11.5 Å². The van der Waals surface area contributed by atoms with Crippen LogP contribution in [0.2, 0.25) is 0 Å². The summed E-state index contributed by atoms with van der Waals surface area (Å²) in [5.41, 5.74) is 3.10. The molecule has 0 aliphatic carbocycles. The maximum Gasteiger partial charge on any atom is 0.290 e. The van der Waals surface area contributed by atoms with Crippen molar-refractivity contribution in [2.24, 2.45) is 0 Å². The summed E-state index contributed by atoms with van der Waals surface area (Å²) in [7, 11) is -3.22. The molecule has 1 saturated heterocycles. The van der Waals surface area contributed by atoms with Crippen molar-refractivity contribution in [3.8, 4) is 11.3 Å². The van der Waals surface area contributed by atoms with E-state index in [1.54, 1.807) is 24.3 Å². The largest absolute Gasteiger partial charge is 0.459 e. The Morgan fingerprint density at radius 3 is 2.53 bits per heavy atom. The number of rotatable bonds is 5. The normalized spacial score (nSPS) is 17.3. The molecule has 1 unspecified atom stereocenters. The number of hydrogen-bond donors (Lipinski definition) is 0. The second-order valence-electron chi connectivity index (χ2n) is 8.82. The molecular weight excluding hydrogens is 457 g/mol. The Morgan fingerprint density at radius 1 is 1.06 bits per heavy atom. The van der Waals surface area contributed by atoms with Crippen LogP contribution in [0.4, 0.5) is 4.39 Å². The molecule has 0 saturated carbocycles. The predicted octanol–water partition coefficient (Wildman–Crippen LogP) is 5.28. The Hall–Kier alpha value is -3.39. The molecule has 6 nitrogen and oxygen atoms in total. The van der Waals surface area contributed by atoms with Gasteiger partial charge >= 0.3 is 0 Å². The van der Waals surface area contributed by atoms with Crippen molar-refractivity contribution in [1.29, 1.82) is 0 Å². The predicted molar refractivity (Wildman–Crippen MR) is 127 cm³/mol. The molecule has 1 atom stereocenters. The highest BCUT2D eigenvalue weighted by molar-refractivity contribution is 7.91. The van der Waals surface area contributed by atoms with Crippen molar-refractivity contribution in [1.82, 2.24) is 4.90 Å². The average molecular weight is 482 g/mol. The van der Waals surface area contributed by atoms with Crippen molar-refractivity contribution in [3.05, 3.63) is 83.1 Å². The lowest BCUT2D eigenvalue weighted by molar-refractivity contribution is 0.0635. The number of halogens is 1. The van der Waals surface area contributed by atoms with E-state index in [0.717, 1.165) is 16.5 Å². The molecule has 0 N–H and O–H groups in total. The van der Waals surface area contributed by atoms with Crippen molar-refractivity contribution >= 4 is 26.7 Å². The quantitative estimate of drug-likeness (QED) is 0.388. The number of aryl methyl sites for hydroxylation is 2. The van der Waals surface area contributed by atoms with Crippen LogP contribution in [0, 0.1) is 19.7 Å². The van der Waals surface area contributed by atoms with E-state index in [4.69, 9.17) is 8.83 Å². The first-order valence-corrected chi connectivity index (χ1v) is 12.9. The van der Waals surface area contributed by atoms with E-state index in [1.165, 1.54) is 17.0 Å².